The van der Waals surface area contributed by atoms with E-state index in [0.717, 1.165) is 32.1 Å². The van der Waals surface area contributed by atoms with Gasteiger partial charge < -0.3 is 20.2 Å². The number of aromatic carboxylic acids is 1. The number of carboxylic acids is 1. The average Bonchev–Trinajstić information content (AvgIpc) is 3.76. The van der Waals surface area contributed by atoms with Crippen LogP contribution in [0.15, 0.2) is 30.3 Å². The van der Waals surface area contributed by atoms with Crippen LogP contribution >= 0.6 is 0 Å². The maximum atomic E-state index is 13.9. The number of amides is 3. The quantitative estimate of drug-likeness (QED) is 0.337. The lowest BCUT2D eigenvalue weighted by atomic mass is 9.34. The highest BCUT2D eigenvalue weighted by molar-refractivity contribution is 5.88. The molecule has 1 heterocycles. The summed E-state index contributed by atoms with van der Waals surface area (Å²) < 4.78 is 0. The minimum Gasteiger partial charge on any atom is -0.478 e. The molecule has 6 fully saturated rings. The van der Waals surface area contributed by atoms with Crippen LogP contribution in [0.3, 0.4) is 0 Å². The zero-order valence-corrected chi connectivity index (χ0v) is 30.4. The smallest absolute Gasteiger partial charge is 0.335 e. The number of hydrogen-bond acceptors (Lipinski definition) is 3. The van der Waals surface area contributed by atoms with E-state index in [1.165, 1.54) is 68.9 Å². The van der Waals surface area contributed by atoms with Crippen molar-refractivity contribution in [2.45, 2.75) is 129 Å². The van der Waals surface area contributed by atoms with Crippen LogP contribution in [0.5, 0.6) is 0 Å². The van der Waals surface area contributed by atoms with Crippen molar-refractivity contribution < 1.29 is 19.5 Å². The van der Waals surface area contributed by atoms with Crippen LogP contribution in [0.25, 0.3) is 5.57 Å². The lowest BCUT2D eigenvalue weighted by Crippen LogP contribution is -2.68. The van der Waals surface area contributed by atoms with Crippen LogP contribution in [0, 0.1) is 45.8 Å². The van der Waals surface area contributed by atoms with Crippen molar-refractivity contribution in [3.8, 4) is 0 Å². The number of nitrogens with zero attached hydrogens (tertiary/aromatic N) is 2. The van der Waals surface area contributed by atoms with Crippen LogP contribution in [-0.2, 0) is 4.79 Å². The molecular weight excluding hydrogens is 610 g/mol. The number of urea groups is 1. The summed E-state index contributed by atoms with van der Waals surface area (Å²) in [5.74, 6) is 2.13. The molecule has 7 aliphatic rings. The highest BCUT2D eigenvalue weighted by Crippen LogP contribution is 2.75. The molecule has 0 radical (unpaired) electrons. The molecule has 1 aromatic rings. The van der Waals surface area contributed by atoms with E-state index in [0.29, 0.717) is 54.3 Å². The predicted molar refractivity (Wildman–Crippen MR) is 192 cm³/mol. The van der Waals surface area contributed by atoms with Gasteiger partial charge in [-0.2, -0.15) is 0 Å². The molecule has 5 saturated carbocycles. The molecule has 0 aromatic heterocycles. The van der Waals surface area contributed by atoms with Crippen molar-refractivity contribution in [1.82, 2.24) is 15.1 Å². The molecule has 8 unspecified atom stereocenters. The molecule has 1 aromatic carbocycles. The predicted octanol–water partition coefficient (Wildman–Crippen LogP) is 8.39. The molecule has 49 heavy (non-hydrogen) atoms. The molecule has 266 valence electrons. The van der Waals surface area contributed by atoms with E-state index in [2.05, 4.69) is 44.0 Å². The third-order valence-electron chi connectivity index (χ3n) is 16.7. The molecule has 3 amide bonds. The normalized spacial score (nSPS) is 42.1. The van der Waals surface area contributed by atoms with Gasteiger partial charge in [-0.3, -0.25) is 4.79 Å². The fraction of sp³-hybridized carbons (Fsp3) is 0.738. The van der Waals surface area contributed by atoms with Crippen LogP contribution < -0.4 is 5.32 Å². The van der Waals surface area contributed by atoms with Gasteiger partial charge in [0.1, 0.15) is 6.54 Å². The second-order valence-electron chi connectivity index (χ2n) is 18.3. The lowest BCUT2D eigenvalue weighted by Gasteiger charge is -2.71. The first-order valence-corrected chi connectivity index (χ1v) is 19.8. The highest BCUT2D eigenvalue weighted by atomic mass is 16.4. The molecule has 0 spiro atoms. The number of rotatable bonds is 4. The van der Waals surface area contributed by atoms with Crippen LogP contribution in [0.1, 0.15) is 134 Å². The number of hydrogen-bond donors (Lipinski definition) is 2. The van der Waals surface area contributed by atoms with Gasteiger partial charge in [0.15, 0.2) is 0 Å². The van der Waals surface area contributed by atoms with Gasteiger partial charge in [0.2, 0.25) is 5.91 Å². The van der Waals surface area contributed by atoms with Crippen LogP contribution in [0.4, 0.5) is 4.79 Å². The van der Waals surface area contributed by atoms with E-state index < -0.39 is 5.97 Å². The minimum atomic E-state index is -0.871. The number of carbonyl (C=O) groups is 3. The van der Waals surface area contributed by atoms with Crippen molar-refractivity contribution in [3.63, 3.8) is 0 Å². The maximum absolute atomic E-state index is 13.9. The average molecular weight is 670 g/mol. The van der Waals surface area contributed by atoms with Gasteiger partial charge in [0, 0.05) is 24.7 Å². The van der Waals surface area contributed by atoms with Gasteiger partial charge in [0.05, 0.1) is 5.56 Å². The Hall–Kier alpha value is -2.83. The summed E-state index contributed by atoms with van der Waals surface area (Å²) in [4.78, 5) is 42.5. The fourth-order valence-corrected chi connectivity index (χ4v) is 14.0. The Morgan fingerprint density at radius 1 is 0.816 bits per heavy atom. The molecule has 1 aliphatic heterocycles. The van der Waals surface area contributed by atoms with Gasteiger partial charge in [-0.15, -0.1) is 0 Å². The highest BCUT2D eigenvalue weighted by Gasteiger charge is 2.68. The van der Waals surface area contributed by atoms with Gasteiger partial charge in [-0.1, -0.05) is 65.2 Å². The number of piperazine rings is 1. The Bertz CT molecular complexity index is 1530. The molecule has 1 saturated heterocycles. The minimum absolute atomic E-state index is 0.000716. The number of allylic oxidation sites excluding steroid dienone is 2. The Balaban J connectivity index is 0.994. The third-order valence-corrected chi connectivity index (χ3v) is 16.7. The fourth-order valence-electron chi connectivity index (χ4n) is 14.0. The molecule has 8 rings (SSSR count). The summed E-state index contributed by atoms with van der Waals surface area (Å²) >= 11 is 0. The standard InChI is InChI=1S/C42H59N3O4/c1-27-31(28-11-13-29(14-12-28)37(47)48)17-20-39(2)32(27)18-21-41(4)35(39)16-15-33-34-10-7-19-42(34,23-22-40(33,41)3)43-38(49)44-24-25-45(36(46)26-44)30-8-5-6-9-30/h11-14,17,27,30,32-35H,5-10,15-16,18-26H2,1-4H3,(H,43,49)(H,47,48)/t27?,32?,33?,34?,35?,39?,40-,41?,42?/m1/s1. The van der Waals surface area contributed by atoms with Gasteiger partial charge in [0.25, 0.3) is 0 Å². The summed E-state index contributed by atoms with van der Waals surface area (Å²) in [5.41, 5.74) is 3.54. The Kier molecular flexibility index (Phi) is 8.07. The van der Waals surface area contributed by atoms with Crippen LogP contribution in [0.2, 0.25) is 0 Å². The summed E-state index contributed by atoms with van der Waals surface area (Å²) in [6.45, 7) is 11.9. The van der Waals surface area contributed by atoms with Crippen molar-refractivity contribution in [3.05, 3.63) is 41.5 Å². The van der Waals surface area contributed by atoms with E-state index in [9.17, 15) is 19.5 Å². The largest absolute Gasteiger partial charge is 0.478 e. The first-order chi connectivity index (χ1) is 23.4. The van der Waals surface area contributed by atoms with E-state index in [1.807, 2.05) is 17.0 Å². The first kappa shape index (κ1) is 33.3. The molecule has 9 atom stereocenters. The number of nitrogens with one attached hydrogen (secondary N) is 1. The van der Waals surface area contributed by atoms with E-state index in [1.54, 1.807) is 12.1 Å². The van der Waals surface area contributed by atoms with Gasteiger partial charge in [-0.25, -0.2) is 9.59 Å². The molecule has 2 N–H and O–H groups in total. The first-order valence-electron chi connectivity index (χ1n) is 19.8. The van der Waals surface area contributed by atoms with E-state index in [4.69, 9.17) is 0 Å². The van der Waals surface area contributed by atoms with E-state index >= 15 is 0 Å². The lowest BCUT2D eigenvalue weighted by molar-refractivity contribution is -0.210. The molecule has 7 nitrogen and oxygen atoms in total. The summed E-state index contributed by atoms with van der Waals surface area (Å²) in [5, 5.41) is 13.1. The Morgan fingerprint density at radius 2 is 1.57 bits per heavy atom. The Morgan fingerprint density at radius 3 is 2.29 bits per heavy atom. The molecular formula is C42H59N3O4. The zero-order chi connectivity index (χ0) is 34.3. The van der Waals surface area contributed by atoms with Gasteiger partial charge in [-0.05, 0) is 140 Å². The number of carboxylic acid groups (broad SMARTS) is 1. The molecule has 0 bridgehead atoms. The summed E-state index contributed by atoms with van der Waals surface area (Å²) in [7, 11) is 0. The van der Waals surface area contributed by atoms with Crippen molar-refractivity contribution in [2.24, 2.45) is 45.8 Å². The Labute approximate surface area is 293 Å². The van der Waals surface area contributed by atoms with Crippen LogP contribution in [-0.4, -0.2) is 64.0 Å². The molecule has 6 aliphatic carbocycles. The second kappa shape index (κ2) is 11.9. The topological polar surface area (TPSA) is 89.9 Å². The summed E-state index contributed by atoms with van der Waals surface area (Å²) in [6.07, 6.45) is 19.0. The van der Waals surface area contributed by atoms with Gasteiger partial charge >= 0.3 is 12.0 Å². The van der Waals surface area contributed by atoms with Crippen molar-refractivity contribution in [2.75, 3.05) is 19.6 Å². The van der Waals surface area contributed by atoms with Crippen molar-refractivity contribution in [1.29, 1.82) is 0 Å². The number of benzene rings is 1. The third kappa shape index (κ3) is 4.97. The zero-order valence-electron chi connectivity index (χ0n) is 30.4. The molecule has 7 heteroatoms. The monoisotopic (exact) mass is 669 g/mol. The second-order valence-corrected chi connectivity index (χ2v) is 18.3. The number of carbonyl (C=O) groups excluding carboxylic acids is 2. The van der Waals surface area contributed by atoms with E-state index in [-0.39, 0.29) is 40.3 Å². The summed E-state index contributed by atoms with van der Waals surface area (Å²) in [6, 6.07) is 7.91. The van der Waals surface area contributed by atoms with Crippen molar-refractivity contribution >= 4 is 23.5 Å². The number of fused-ring (bicyclic) bond motifs is 7. The maximum Gasteiger partial charge on any atom is 0.335 e. The SMILES string of the molecule is CC1C(c2ccc(C(=O)O)cc2)=CCC2(C)C1CCC1(C)C2CCC2C3CCCC3(NC(=O)N3CCN(C4CCCC4)C(=O)C3)CC[C@]21C.